The van der Waals surface area contributed by atoms with Crippen LogP contribution in [0.3, 0.4) is 0 Å². The fourth-order valence-corrected chi connectivity index (χ4v) is 1.74. The molecular weight excluding hydrogens is 214 g/mol. The van der Waals surface area contributed by atoms with E-state index in [-0.39, 0.29) is 5.78 Å². The van der Waals surface area contributed by atoms with Crippen LogP contribution >= 0.6 is 0 Å². The summed E-state index contributed by atoms with van der Waals surface area (Å²) < 4.78 is 1.77. The fourth-order valence-electron chi connectivity index (χ4n) is 1.74. The highest BCUT2D eigenvalue weighted by atomic mass is 16.1. The van der Waals surface area contributed by atoms with E-state index in [0.29, 0.717) is 12.1 Å². The number of ketones is 1. The van der Waals surface area contributed by atoms with E-state index < -0.39 is 0 Å². The molecule has 0 aliphatic heterocycles. The van der Waals surface area contributed by atoms with Crippen molar-refractivity contribution in [3.05, 3.63) is 48.0 Å². The van der Waals surface area contributed by atoms with Gasteiger partial charge in [0.05, 0.1) is 0 Å². The van der Waals surface area contributed by atoms with E-state index in [2.05, 4.69) is 17.0 Å². The zero-order valence-electron chi connectivity index (χ0n) is 9.84. The molecule has 0 unspecified atom stereocenters. The normalized spacial score (nSPS) is 10.4. The molecule has 0 aliphatic rings. The first-order valence-corrected chi connectivity index (χ1v) is 5.75. The van der Waals surface area contributed by atoms with Gasteiger partial charge in [-0.15, -0.1) is 0 Å². The molecule has 0 aromatic carbocycles. The third kappa shape index (κ3) is 2.78. The van der Waals surface area contributed by atoms with Crippen LogP contribution in [0.25, 0.3) is 0 Å². The van der Waals surface area contributed by atoms with Crippen molar-refractivity contribution in [2.75, 3.05) is 0 Å². The Kier molecular flexibility index (Phi) is 3.65. The summed E-state index contributed by atoms with van der Waals surface area (Å²) in [5.74, 6) is 0.0992. The average molecular weight is 229 g/mol. The van der Waals surface area contributed by atoms with Crippen molar-refractivity contribution in [3.8, 4) is 0 Å². The molecule has 0 atom stereocenters. The molecule has 0 fully saturated rings. The molecule has 2 rings (SSSR count). The number of aryl methyl sites for hydroxylation is 1. The molecule has 4 nitrogen and oxygen atoms in total. The zero-order chi connectivity index (χ0) is 12.1. The number of hydrogen-bond donors (Lipinski definition) is 0. The number of rotatable bonds is 5. The zero-order valence-corrected chi connectivity index (χ0v) is 9.84. The van der Waals surface area contributed by atoms with Crippen molar-refractivity contribution in [1.29, 1.82) is 0 Å². The Balaban J connectivity index is 2.12. The minimum absolute atomic E-state index is 0.0992. The first-order valence-electron chi connectivity index (χ1n) is 5.75. The minimum atomic E-state index is 0.0992. The topological polar surface area (TPSA) is 47.8 Å². The Morgan fingerprint density at radius 1 is 1.24 bits per heavy atom. The highest BCUT2D eigenvalue weighted by molar-refractivity contribution is 5.95. The summed E-state index contributed by atoms with van der Waals surface area (Å²) >= 11 is 0. The number of carbonyl (C=O) groups is 1. The third-order valence-corrected chi connectivity index (χ3v) is 2.55. The monoisotopic (exact) mass is 229 g/mol. The van der Waals surface area contributed by atoms with Crippen molar-refractivity contribution in [3.63, 3.8) is 0 Å². The Morgan fingerprint density at radius 2 is 2.00 bits per heavy atom. The van der Waals surface area contributed by atoms with Gasteiger partial charge in [0.15, 0.2) is 5.78 Å². The lowest BCUT2D eigenvalue weighted by atomic mass is 10.1. The SMILES string of the molecule is CCCn1nccc1C(=O)Cc1ccncc1. The van der Waals surface area contributed by atoms with E-state index in [9.17, 15) is 4.79 Å². The van der Waals surface area contributed by atoms with Crippen LogP contribution in [0.1, 0.15) is 29.4 Å². The van der Waals surface area contributed by atoms with Crippen LogP contribution in [0.15, 0.2) is 36.8 Å². The largest absolute Gasteiger partial charge is 0.292 e. The van der Waals surface area contributed by atoms with Crippen LogP contribution in [0.5, 0.6) is 0 Å². The summed E-state index contributed by atoms with van der Waals surface area (Å²) in [6.45, 7) is 2.85. The molecule has 0 bridgehead atoms. The first-order chi connectivity index (χ1) is 8.31. The van der Waals surface area contributed by atoms with Gasteiger partial charge in [0.1, 0.15) is 5.69 Å². The second kappa shape index (κ2) is 5.39. The van der Waals surface area contributed by atoms with Crippen LogP contribution in [0.2, 0.25) is 0 Å². The molecule has 4 heteroatoms. The molecule has 2 aromatic heterocycles. The van der Waals surface area contributed by atoms with Crippen molar-refractivity contribution in [2.24, 2.45) is 0 Å². The second-order valence-corrected chi connectivity index (χ2v) is 3.90. The van der Waals surface area contributed by atoms with Gasteiger partial charge in [0.2, 0.25) is 0 Å². The molecule has 0 N–H and O–H groups in total. The average Bonchev–Trinajstić information content (AvgIpc) is 2.79. The number of nitrogens with zero attached hydrogens (tertiary/aromatic N) is 3. The lowest BCUT2D eigenvalue weighted by molar-refractivity contribution is 0.0982. The molecule has 0 saturated carbocycles. The van der Waals surface area contributed by atoms with Gasteiger partial charge in [0.25, 0.3) is 0 Å². The van der Waals surface area contributed by atoms with Gasteiger partial charge in [-0.1, -0.05) is 6.92 Å². The van der Waals surface area contributed by atoms with E-state index in [1.165, 1.54) is 0 Å². The first kappa shape index (κ1) is 11.5. The maximum atomic E-state index is 12.1. The molecule has 0 spiro atoms. The van der Waals surface area contributed by atoms with E-state index in [1.54, 1.807) is 29.3 Å². The minimum Gasteiger partial charge on any atom is -0.292 e. The highest BCUT2D eigenvalue weighted by Crippen LogP contribution is 2.07. The maximum absolute atomic E-state index is 12.1. The van der Waals surface area contributed by atoms with Gasteiger partial charge < -0.3 is 0 Å². The van der Waals surface area contributed by atoms with Crippen LogP contribution in [-0.2, 0) is 13.0 Å². The van der Waals surface area contributed by atoms with Crippen LogP contribution < -0.4 is 0 Å². The Morgan fingerprint density at radius 3 is 2.71 bits per heavy atom. The third-order valence-electron chi connectivity index (χ3n) is 2.55. The Hall–Kier alpha value is -1.97. The maximum Gasteiger partial charge on any atom is 0.185 e. The predicted octanol–water partition coefficient (Wildman–Crippen LogP) is 2.11. The van der Waals surface area contributed by atoms with Crippen molar-refractivity contribution >= 4 is 5.78 Å². The lowest BCUT2D eigenvalue weighted by Crippen LogP contribution is -2.12. The van der Waals surface area contributed by atoms with E-state index in [4.69, 9.17) is 0 Å². The molecule has 0 amide bonds. The number of hydrogen-bond acceptors (Lipinski definition) is 3. The van der Waals surface area contributed by atoms with Crippen LogP contribution in [0.4, 0.5) is 0 Å². The van der Waals surface area contributed by atoms with Crippen molar-refractivity contribution < 1.29 is 4.79 Å². The smallest absolute Gasteiger partial charge is 0.185 e. The summed E-state index contributed by atoms with van der Waals surface area (Å²) in [5, 5.41) is 4.15. The molecule has 0 saturated heterocycles. The molecular formula is C13H15N3O. The lowest BCUT2D eigenvalue weighted by Gasteiger charge is -2.05. The summed E-state index contributed by atoms with van der Waals surface area (Å²) in [6, 6.07) is 5.50. The highest BCUT2D eigenvalue weighted by Gasteiger charge is 2.11. The van der Waals surface area contributed by atoms with Crippen LogP contribution in [-0.4, -0.2) is 20.5 Å². The number of aromatic nitrogens is 3. The molecule has 0 radical (unpaired) electrons. The van der Waals surface area contributed by atoms with Crippen molar-refractivity contribution in [2.45, 2.75) is 26.3 Å². The predicted molar refractivity (Wildman–Crippen MR) is 64.8 cm³/mol. The van der Waals surface area contributed by atoms with Gasteiger partial charge in [-0.05, 0) is 30.2 Å². The number of Topliss-reactive ketones (excluding diaryl/α,β-unsaturated/α-hetero) is 1. The van der Waals surface area contributed by atoms with Gasteiger partial charge in [-0.25, -0.2) is 0 Å². The van der Waals surface area contributed by atoms with E-state index in [1.807, 2.05) is 12.1 Å². The van der Waals surface area contributed by atoms with Crippen LogP contribution in [0, 0.1) is 0 Å². The summed E-state index contributed by atoms with van der Waals surface area (Å²) in [6.07, 6.45) is 6.45. The van der Waals surface area contributed by atoms with Gasteiger partial charge in [0, 0.05) is 31.6 Å². The molecule has 17 heavy (non-hydrogen) atoms. The van der Waals surface area contributed by atoms with Gasteiger partial charge in [-0.3, -0.25) is 14.5 Å². The van der Waals surface area contributed by atoms with Crippen molar-refractivity contribution in [1.82, 2.24) is 14.8 Å². The van der Waals surface area contributed by atoms with Gasteiger partial charge >= 0.3 is 0 Å². The quantitative estimate of drug-likeness (QED) is 0.738. The van der Waals surface area contributed by atoms with E-state index in [0.717, 1.165) is 18.5 Å². The standard InChI is InChI=1S/C13H15N3O/c1-2-9-16-12(5-8-15-16)13(17)10-11-3-6-14-7-4-11/h3-8H,2,9-10H2,1H3. The Labute approximate surface area is 100 Å². The van der Waals surface area contributed by atoms with Gasteiger partial charge in [-0.2, -0.15) is 5.10 Å². The number of pyridine rings is 1. The fraction of sp³-hybridized carbons (Fsp3) is 0.308. The molecule has 2 aromatic rings. The molecule has 2 heterocycles. The Bertz CT molecular complexity index is 490. The summed E-state index contributed by atoms with van der Waals surface area (Å²) in [4.78, 5) is 16.0. The van der Waals surface area contributed by atoms with E-state index >= 15 is 0 Å². The summed E-state index contributed by atoms with van der Waals surface area (Å²) in [5.41, 5.74) is 1.66. The number of carbonyl (C=O) groups excluding carboxylic acids is 1. The molecule has 88 valence electrons. The second-order valence-electron chi connectivity index (χ2n) is 3.90. The summed E-state index contributed by atoms with van der Waals surface area (Å²) in [7, 11) is 0. The molecule has 0 aliphatic carbocycles.